The molecular formula is C20H25NO5S2. The molecule has 0 spiro atoms. The Balaban J connectivity index is 1.58. The molecule has 0 amide bonds. The molecule has 2 aromatic rings. The van der Waals surface area contributed by atoms with Crippen molar-refractivity contribution < 1.29 is 23.1 Å². The molecule has 2 atom stereocenters. The van der Waals surface area contributed by atoms with Gasteiger partial charge in [0, 0.05) is 29.6 Å². The van der Waals surface area contributed by atoms with E-state index >= 15 is 0 Å². The smallest absolute Gasteiger partial charge is 0.159 e. The Morgan fingerprint density at radius 3 is 2.64 bits per heavy atom. The number of Topliss-reactive ketones (excluding diaryl/α,β-unsaturated/α-hetero) is 1. The van der Waals surface area contributed by atoms with Gasteiger partial charge in [-0.25, -0.2) is 8.42 Å². The van der Waals surface area contributed by atoms with Crippen molar-refractivity contribution in [1.82, 2.24) is 4.90 Å². The number of benzene rings is 1. The van der Waals surface area contributed by atoms with Crippen LogP contribution in [0.3, 0.4) is 0 Å². The molecule has 8 heteroatoms. The zero-order chi connectivity index (χ0) is 20.1. The largest absolute Gasteiger partial charge is 0.491 e. The van der Waals surface area contributed by atoms with Crippen LogP contribution in [0.4, 0.5) is 0 Å². The van der Waals surface area contributed by atoms with Crippen LogP contribution in [0, 0.1) is 0 Å². The highest BCUT2D eigenvalue weighted by Gasteiger charge is 2.33. The molecule has 1 aliphatic heterocycles. The van der Waals surface area contributed by atoms with Crippen molar-refractivity contribution >= 4 is 27.0 Å². The van der Waals surface area contributed by atoms with Crippen LogP contribution in [0.1, 0.15) is 28.6 Å². The fourth-order valence-electron chi connectivity index (χ4n) is 3.31. The van der Waals surface area contributed by atoms with Crippen LogP contribution >= 0.6 is 11.3 Å². The maximum atomic E-state index is 11.9. The first-order valence-electron chi connectivity index (χ1n) is 9.21. The first-order valence-corrected chi connectivity index (χ1v) is 11.9. The van der Waals surface area contributed by atoms with Crippen molar-refractivity contribution in [2.75, 3.05) is 24.7 Å². The van der Waals surface area contributed by atoms with Gasteiger partial charge in [0.1, 0.15) is 18.5 Å². The summed E-state index contributed by atoms with van der Waals surface area (Å²) in [5.74, 6) is 0.909. The van der Waals surface area contributed by atoms with E-state index in [1.165, 1.54) is 6.92 Å². The van der Waals surface area contributed by atoms with Gasteiger partial charge in [0.25, 0.3) is 0 Å². The number of aliphatic hydroxyl groups is 1. The van der Waals surface area contributed by atoms with Crippen LogP contribution in [0.15, 0.2) is 41.8 Å². The van der Waals surface area contributed by atoms with Gasteiger partial charge in [0.05, 0.1) is 11.5 Å². The second kappa shape index (κ2) is 9.17. The molecule has 1 aromatic carbocycles. The zero-order valence-corrected chi connectivity index (χ0v) is 17.4. The molecule has 6 nitrogen and oxygen atoms in total. The summed E-state index contributed by atoms with van der Waals surface area (Å²) in [5.41, 5.74) is 0.609. The van der Waals surface area contributed by atoms with Gasteiger partial charge in [-0.15, -0.1) is 11.3 Å². The molecule has 1 aromatic heterocycles. The van der Waals surface area contributed by atoms with Gasteiger partial charge in [0.15, 0.2) is 15.6 Å². The van der Waals surface area contributed by atoms with Crippen LogP contribution in [0.5, 0.6) is 5.75 Å². The summed E-state index contributed by atoms with van der Waals surface area (Å²) in [7, 11) is -3.00. The van der Waals surface area contributed by atoms with E-state index < -0.39 is 15.9 Å². The van der Waals surface area contributed by atoms with Gasteiger partial charge in [0.2, 0.25) is 0 Å². The fourth-order valence-corrected chi connectivity index (χ4v) is 5.80. The third-order valence-corrected chi connectivity index (χ3v) is 7.42. The van der Waals surface area contributed by atoms with Crippen LogP contribution in [-0.2, 0) is 16.4 Å². The Morgan fingerprint density at radius 1 is 1.32 bits per heavy atom. The standard InChI is InChI=1S/C20H25NO5S2/c1-15(22)16-4-6-19(7-5-16)26-13-18(23)11-21(12-20-3-2-9-27-20)17-8-10-28(24,25)14-17/h2-7,9,17-18,23H,8,10-14H2,1H3. The molecule has 0 aliphatic carbocycles. The number of aliphatic hydroxyl groups excluding tert-OH is 1. The second-order valence-corrected chi connectivity index (χ2v) is 10.4. The number of ether oxygens (including phenoxy) is 1. The van der Waals surface area contributed by atoms with Crippen molar-refractivity contribution in [3.8, 4) is 5.75 Å². The third-order valence-electron chi connectivity index (χ3n) is 4.81. The number of hydrogen-bond donors (Lipinski definition) is 1. The van der Waals surface area contributed by atoms with E-state index in [-0.39, 0.29) is 29.9 Å². The molecule has 1 fully saturated rings. The lowest BCUT2D eigenvalue weighted by molar-refractivity contribution is 0.0529. The first kappa shape index (κ1) is 21.0. The molecule has 3 rings (SSSR count). The quantitative estimate of drug-likeness (QED) is 0.624. The van der Waals surface area contributed by atoms with Crippen LogP contribution < -0.4 is 4.74 Å². The maximum absolute atomic E-state index is 11.9. The summed E-state index contributed by atoms with van der Waals surface area (Å²) in [6.07, 6.45) is -0.163. The lowest BCUT2D eigenvalue weighted by atomic mass is 10.1. The number of ketones is 1. The minimum Gasteiger partial charge on any atom is -0.491 e. The lowest BCUT2D eigenvalue weighted by Crippen LogP contribution is -2.42. The number of rotatable bonds is 9. The predicted octanol–water partition coefficient (Wildman–Crippen LogP) is 2.38. The first-order chi connectivity index (χ1) is 13.3. The lowest BCUT2D eigenvalue weighted by Gasteiger charge is -2.29. The van der Waals surface area contributed by atoms with Crippen molar-refractivity contribution in [1.29, 1.82) is 0 Å². The fraction of sp³-hybridized carbons (Fsp3) is 0.450. The normalized spacial score (nSPS) is 19.6. The van der Waals surface area contributed by atoms with Gasteiger partial charge in [-0.1, -0.05) is 6.07 Å². The molecule has 0 bridgehead atoms. The number of sulfone groups is 1. The number of thiophene rings is 1. The second-order valence-electron chi connectivity index (χ2n) is 7.11. The maximum Gasteiger partial charge on any atom is 0.159 e. The Labute approximate surface area is 169 Å². The number of nitrogens with zero attached hydrogens (tertiary/aromatic N) is 1. The molecular weight excluding hydrogens is 398 g/mol. The third kappa shape index (κ3) is 5.88. The average molecular weight is 424 g/mol. The molecule has 0 saturated carbocycles. The summed E-state index contributed by atoms with van der Waals surface area (Å²) in [4.78, 5) is 14.5. The Bertz CT molecular complexity index is 878. The van der Waals surface area contributed by atoms with Gasteiger partial charge in [-0.2, -0.15) is 0 Å². The van der Waals surface area contributed by atoms with E-state index in [0.717, 1.165) is 4.88 Å². The van der Waals surface area contributed by atoms with Crippen molar-refractivity contribution in [2.45, 2.75) is 32.0 Å². The highest BCUT2D eigenvalue weighted by molar-refractivity contribution is 7.91. The summed E-state index contributed by atoms with van der Waals surface area (Å²) in [5, 5.41) is 12.5. The van der Waals surface area contributed by atoms with E-state index in [9.17, 15) is 18.3 Å². The topological polar surface area (TPSA) is 83.9 Å². The highest BCUT2D eigenvalue weighted by atomic mass is 32.2. The molecule has 1 saturated heterocycles. The van der Waals surface area contributed by atoms with Crippen molar-refractivity contribution in [3.63, 3.8) is 0 Å². The minimum atomic E-state index is -3.00. The Morgan fingerprint density at radius 2 is 2.07 bits per heavy atom. The van der Waals surface area contributed by atoms with E-state index in [1.807, 2.05) is 22.4 Å². The monoisotopic (exact) mass is 423 g/mol. The van der Waals surface area contributed by atoms with Gasteiger partial charge >= 0.3 is 0 Å². The minimum absolute atomic E-state index is 0.0117. The molecule has 1 aliphatic rings. The van der Waals surface area contributed by atoms with E-state index in [0.29, 0.717) is 30.8 Å². The molecule has 28 heavy (non-hydrogen) atoms. The molecule has 2 unspecified atom stereocenters. The number of carbonyl (C=O) groups is 1. The molecule has 1 N–H and O–H groups in total. The average Bonchev–Trinajstić information content (AvgIpc) is 3.29. The summed E-state index contributed by atoms with van der Waals surface area (Å²) in [6.45, 7) is 2.55. The van der Waals surface area contributed by atoms with Crippen molar-refractivity contribution in [2.24, 2.45) is 0 Å². The summed E-state index contributed by atoms with van der Waals surface area (Å²) in [6, 6.07) is 10.7. The van der Waals surface area contributed by atoms with Crippen molar-refractivity contribution in [3.05, 3.63) is 52.2 Å². The SMILES string of the molecule is CC(=O)c1ccc(OCC(O)CN(Cc2cccs2)C2CCS(=O)(=O)C2)cc1. The Kier molecular flexibility index (Phi) is 6.87. The number of hydrogen-bond acceptors (Lipinski definition) is 7. The molecule has 0 radical (unpaired) electrons. The number of carbonyl (C=O) groups excluding carboxylic acids is 1. The zero-order valence-electron chi connectivity index (χ0n) is 15.8. The van der Waals surface area contributed by atoms with E-state index in [4.69, 9.17) is 4.74 Å². The van der Waals surface area contributed by atoms with Crippen LogP contribution in [-0.4, -0.2) is 61.0 Å². The van der Waals surface area contributed by atoms with Crippen LogP contribution in [0.2, 0.25) is 0 Å². The van der Waals surface area contributed by atoms with Gasteiger partial charge in [-0.3, -0.25) is 9.69 Å². The summed E-state index contributed by atoms with van der Waals surface area (Å²) < 4.78 is 29.4. The van der Waals surface area contributed by atoms with E-state index in [2.05, 4.69) is 0 Å². The van der Waals surface area contributed by atoms with Gasteiger partial charge < -0.3 is 9.84 Å². The Hall–Kier alpha value is -1.74. The summed E-state index contributed by atoms with van der Waals surface area (Å²) >= 11 is 1.62. The molecule has 152 valence electrons. The van der Waals surface area contributed by atoms with Crippen LogP contribution in [0.25, 0.3) is 0 Å². The predicted molar refractivity (Wildman–Crippen MR) is 110 cm³/mol. The van der Waals surface area contributed by atoms with Gasteiger partial charge in [-0.05, 0) is 49.1 Å². The molecule has 2 heterocycles. The van der Waals surface area contributed by atoms with E-state index in [1.54, 1.807) is 35.6 Å². The highest BCUT2D eigenvalue weighted by Crippen LogP contribution is 2.22.